The number of guanidine groups is 1. The number of nitrogens with one attached hydrogen (secondary N) is 1. The summed E-state index contributed by atoms with van der Waals surface area (Å²) in [7, 11) is 1.88. The van der Waals surface area contributed by atoms with Crippen LogP contribution < -0.4 is 5.32 Å². The van der Waals surface area contributed by atoms with Crippen LogP contribution in [0.4, 0.5) is 0 Å². The van der Waals surface area contributed by atoms with Gasteiger partial charge in [-0.2, -0.15) is 0 Å². The highest BCUT2D eigenvalue weighted by Crippen LogP contribution is 2.08. The summed E-state index contributed by atoms with van der Waals surface area (Å²) in [6.45, 7) is 10.9. The second-order valence-electron chi connectivity index (χ2n) is 6.41. The molecule has 1 saturated heterocycles. The van der Waals surface area contributed by atoms with Crippen molar-refractivity contribution in [1.29, 1.82) is 0 Å². The fourth-order valence-corrected chi connectivity index (χ4v) is 2.76. The van der Waals surface area contributed by atoms with Gasteiger partial charge in [0.25, 0.3) is 0 Å². The zero-order valence-corrected chi connectivity index (χ0v) is 17.0. The van der Waals surface area contributed by atoms with E-state index < -0.39 is 0 Å². The summed E-state index contributed by atoms with van der Waals surface area (Å²) >= 11 is 0. The lowest BCUT2D eigenvalue weighted by molar-refractivity contribution is 0.172. The summed E-state index contributed by atoms with van der Waals surface area (Å²) in [5.74, 6) is 1.79. The number of aliphatic imine (C=N–C) groups is 1. The van der Waals surface area contributed by atoms with E-state index in [-0.39, 0.29) is 24.0 Å². The van der Waals surface area contributed by atoms with Crippen molar-refractivity contribution in [2.75, 3.05) is 39.8 Å². The average Bonchev–Trinajstić information content (AvgIpc) is 2.53. The van der Waals surface area contributed by atoms with E-state index in [1.165, 1.54) is 12.0 Å². The highest BCUT2D eigenvalue weighted by molar-refractivity contribution is 14.0. The summed E-state index contributed by atoms with van der Waals surface area (Å²) in [6, 6.07) is 10.7. The summed E-state index contributed by atoms with van der Waals surface area (Å²) in [5.41, 5.74) is 1.40. The van der Waals surface area contributed by atoms with Gasteiger partial charge >= 0.3 is 0 Å². The molecule has 1 aliphatic rings. The zero-order valence-electron chi connectivity index (χ0n) is 14.7. The number of benzene rings is 1. The number of hydrogen-bond acceptors (Lipinski definition) is 2. The number of halogens is 1. The van der Waals surface area contributed by atoms with Crippen LogP contribution in [-0.4, -0.2) is 55.5 Å². The number of hydrogen-bond donors (Lipinski definition) is 1. The van der Waals surface area contributed by atoms with Gasteiger partial charge in [0.05, 0.1) is 0 Å². The molecule has 0 bridgehead atoms. The molecule has 1 aromatic rings. The fraction of sp³-hybridized carbons (Fsp3) is 0.611. The smallest absolute Gasteiger partial charge is 0.193 e. The summed E-state index contributed by atoms with van der Waals surface area (Å²) in [4.78, 5) is 9.33. The van der Waals surface area contributed by atoms with Crippen molar-refractivity contribution in [2.45, 2.75) is 26.8 Å². The van der Waals surface area contributed by atoms with Crippen LogP contribution >= 0.6 is 24.0 Å². The Morgan fingerprint density at radius 1 is 1.13 bits per heavy atom. The summed E-state index contributed by atoms with van der Waals surface area (Å²) in [5, 5.41) is 3.49. The topological polar surface area (TPSA) is 30.9 Å². The summed E-state index contributed by atoms with van der Waals surface area (Å²) < 4.78 is 0. The molecule has 0 aliphatic carbocycles. The Kier molecular flexibility index (Phi) is 9.55. The molecule has 23 heavy (non-hydrogen) atoms. The molecule has 130 valence electrons. The van der Waals surface area contributed by atoms with Crippen molar-refractivity contribution in [3.63, 3.8) is 0 Å². The minimum atomic E-state index is 0. The molecule has 2 rings (SSSR count). The quantitative estimate of drug-likeness (QED) is 0.443. The number of rotatable bonds is 5. The Bertz CT molecular complexity index is 453. The first-order valence-corrected chi connectivity index (χ1v) is 8.41. The van der Waals surface area contributed by atoms with Crippen LogP contribution in [0.25, 0.3) is 0 Å². The summed E-state index contributed by atoms with van der Waals surface area (Å²) in [6.07, 6.45) is 1.19. The van der Waals surface area contributed by atoms with Crippen molar-refractivity contribution in [2.24, 2.45) is 10.9 Å². The van der Waals surface area contributed by atoms with Gasteiger partial charge in [0.15, 0.2) is 5.96 Å². The largest absolute Gasteiger partial charge is 0.356 e. The van der Waals surface area contributed by atoms with Crippen molar-refractivity contribution in [3.05, 3.63) is 35.9 Å². The monoisotopic (exact) mass is 430 g/mol. The fourth-order valence-electron chi connectivity index (χ4n) is 2.76. The van der Waals surface area contributed by atoms with Gasteiger partial charge in [0.2, 0.25) is 0 Å². The zero-order chi connectivity index (χ0) is 15.8. The van der Waals surface area contributed by atoms with Gasteiger partial charge in [-0.05, 0) is 17.9 Å². The molecular weight excluding hydrogens is 399 g/mol. The SMILES string of the molecule is CN=C(NCCC(C)C)N1CCN(Cc2ccccc2)CC1.I. The molecular formula is C18H31IN4. The molecule has 0 aromatic heterocycles. The number of piperazine rings is 1. The van der Waals surface area contributed by atoms with E-state index in [0.717, 1.165) is 51.1 Å². The maximum Gasteiger partial charge on any atom is 0.193 e. The van der Waals surface area contributed by atoms with E-state index in [4.69, 9.17) is 0 Å². The molecule has 5 heteroatoms. The minimum absolute atomic E-state index is 0. The molecule has 1 fully saturated rings. The van der Waals surface area contributed by atoms with Crippen LogP contribution in [-0.2, 0) is 6.54 Å². The Balaban J connectivity index is 0.00000264. The van der Waals surface area contributed by atoms with Crippen LogP contribution in [0, 0.1) is 5.92 Å². The maximum atomic E-state index is 4.43. The lowest BCUT2D eigenvalue weighted by Gasteiger charge is -2.36. The van der Waals surface area contributed by atoms with Gasteiger partial charge in [-0.1, -0.05) is 44.2 Å². The van der Waals surface area contributed by atoms with Crippen molar-refractivity contribution in [1.82, 2.24) is 15.1 Å². The molecule has 1 heterocycles. The molecule has 1 aromatic carbocycles. The molecule has 0 radical (unpaired) electrons. The lowest BCUT2D eigenvalue weighted by atomic mass is 10.1. The van der Waals surface area contributed by atoms with E-state index in [1.807, 2.05) is 7.05 Å². The molecule has 0 spiro atoms. The van der Waals surface area contributed by atoms with E-state index in [1.54, 1.807) is 0 Å². The molecule has 4 nitrogen and oxygen atoms in total. The number of nitrogens with zero attached hydrogens (tertiary/aromatic N) is 3. The second-order valence-corrected chi connectivity index (χ2v) is 6.41. The van der Waals surface area contributed by atoms with E-state index in [9.17, 15) is 0 Å². The van der Waals surface area contributed by atoms with Crippen LogP contribution in [0.3, 0.4) is 0 Å². The first kappa shape index (κ1) is 20.2. The first-order valence-electron chi connectivity index (χ1n) is 8.41. The standard InChI is InChI=1S/C18H30N4.HI/c1-16(2)9-10-20-18(19-3)22-13-11-21(12-14-22)15-17-7-5-4-6-8-17;/h4-8,16H,9-15H2,1-3H3,(H,19,20);1H. The molecule has 1 aliphatic heterocycles. The molecule has 0 saturated carbocycles. The van der Waals surface area contributed by atoms with E-state index in [0.29, 0.717) is 0 Å². The van der Waals surface area contributed by atoms with Crippen molar-refractivity contribution < 1.29 is 0 Å². The normalized spacial score (nSPS) is 16.3. The molecule has 0 unspecified atom stereocenters. The minimum Gasteiger partial charge on any atom is -0.356 e. The Labute approximate surface area is 158 Å². The molecule has 0 atom stereocenters. The van der Waals surface area contributed by atoms with Crippen molar-refractivity contribution >= 4 is 29.9 Å². The predicted octanol–water partition coefficient (Wildman–Crippen LogP) is 3.04. The van der Waals surface area contributed by atoms with Gasteiger partial charge in [-0.3, -0.25) is 9.89 Å². The van der Waals surface area contributed by atoms with Gasteiger partial charge in [-0.25, -0.2) is 0 Å². The third kappa shape index (κ3) is 7.08. The van der Waals surface area contributed by atoms with Gasteiger partial charge in [-0.15, -0.1) is 24.0 Å². The van der Waals surface area contributed by atoms with Gasteiger partial charge in [0, 0.05) is 46.3 Å². The van der Waals surface area contributed by atoms with Crippen LogP contribution in [0.1, 0.15) is 25.8 Å². The van der Waals surface area contributed by atoms with E-state index >= 15 is 0 Å². The Hall–Kier alpha value is -0.820. The second kappa shape index (κ2) is 10.9. The molecule has 0 amide bonds. The van der Waals surface area contributed by atoms with Crippen molar-refractivity contribution in [3.8, 4) is 0 Å². The Morgan fingerprint density at radius 2 is 1.78 bits per heavy atom. The molecule has 1 N–H and O–H groups in total. The Morgan fingerprint density at radius 3 is 2.35 bits per heavy atom. The third-order valence-electron chi connectivity index (χ3n) is 4.14. The first-order chi connectivity index (χ1) is 10.7. The van der Waals surface area contributed by atoms with E-state index in [2.05, 4.69) is 64.3 Å². The van der Waals surface area contributed by atoms with Gasteiger partial charge < -0.3 is 10.2 Å². The van der Waals surface area contributed by atoms with Crippen LogP contribution in [0.2, 0.25) is 0 Å². The highest BCUT2D eigenvalue weighted by Gasteiger charge is 2.19. The van der Waals surface area contributed by atoms with Gasteiger partial charge in [0.1, 0.15) is 0 Å². The third-order valence-corrected chi connectivity index (χ3v) is 4.14. The average molecular weight is 430 g/mol. The highest BCUT2D eigenvalue weighted by atomic mass is 127. The van der Waals surface area contributed by atoms with Crippen LogP contribution in [0.15, 0.2) is 35.3 Å². The maximum absolute atomic E-state index is 4.43. The lowest BCUT2D eigenvalue weighted by Crippen LogP contribution is -2.52. The van der Waals surface area contributed by atoms with Crippen LogP contribution in [0.5, 0.6) is 0 Å². The predicted molar refractivity (Wildman–Crippen MR) is 110 cm³/mol.